The Morgan fingerprint density at radius 2 is 1.74 bits per heavy atom. The van der Waals surface area contributed by atoms with Gasteiger partial charge in [-0.3, -0.25) is 24.1 Å². The van der Waals surface area contributed by atoms with Gasteiger partial charge < -0.3 is 20.3 Å². The molecule has 0 radical (unpaired) electrons. The zero-order valence-electron chi connectivity index (χ0n) is 20.2. The molecular weight excluding hydrogens is 436 g/mol. The number of hydrogen-bond acceptors (Lipinski definition) is 6. The van der Waals surface area contributed by atoms with Gasteiger partial charge in [0.1, 0.15) is 6.04 Å². The first-order chi connectivity index (χ1) is 16.3. The van der Waals surface area contributed by atoms with E-state index in [2.05, 4.69) is 10.6 Å². The maximum atomic E-state index is 12.7. The van der Waals surface area contributed by atoms with Crippen LogP contribution in [0.25, 0.3) is 0 Å². The molecule has 1 aromatic rings. The van der Waals surface area contributed by atoms with Crippen LogP contribution in [0.4, 0.5) is 5.69 Å². The molecule has 0 bridgehead atoms. The molecule has 3 amide bonds. The van der Waals surface area contributed by atoms with Gasteiger partial charge in [0.25, 0.3) is 5.91 Å². The fourth-order valence-electron chi connectivity index (χ4n) is 4.19. The third-order valence-electron chi connectivity index (χ3n) is 6.03. The fraction of sp³-hybridized carbons (Fsp3) is 0.600. The van der Waals surface area contributed by atoms with E-state index in [0.717, 1.165) is 38.8 Å². The van der Waals surface area contributed by atoms with Crippen molar-refractivity contribution in [1.29, 1.82) is 0 Å². The number of nitrogens with zero attached hydrogens (tertiary/aromatic N) is 2. The van der Waals surface area contributed by atoms with Gasteiger partial charge >= 0.3 is 5.97 Å². The Labute approximate surface area is 201 Å². The van der Waals surface area contributed by atoms with Crippen molar-refractivity contribution >= 4 is 29.4 Å². The molecule has 1 atom stereocenters. The molecule has 2 fully saturated rings. The highest BCUT2D eigenvalue weighted by Gasteiger charge is 2.33. The summed E-state index contributed by atoms with van der Waals surface area (Å²) in [6.45, 7) is 6.60. The van der Waals surface area contributed by atoms with Gasteiger partial charge in [0, 0.05) is 37.4 Å². The number of anilines is 1. The molecule has 0 aliphatic carbocycles. The summed E-state index contributed by atoms with van der Waals surface area (Å²) in [6, 6.07) is 6.14. The number of likely N-dealkylation sites (tertiary alicyclic amines) is 1. The number of rotatable bonds is 8. The minimum absolute atomic E-state index is 0.0197. The van der Waals surface area contributed by atoms with Crippen LogP contribution in [0.1, 0.15) is 56.3 Å². The Kier molecular flexibility index (Phi) is 9.44. The second-order valence-corrected chi connectivity index (χ2v) is 9.39. The van der Waals surface area contributed by atoms with E-state index >= 15 is 0 Å². The molecule has 2 heterocycles. The van der Waals surface area contributed by atoms with Crippen molar-refractivity contribution in [3.05, 3.63) is 29.8 Å². The average molecular weight is 473 g/mol. The van der Waals surface area contributed by atoms with E-state index in [0.29, 0.717) is 30.9 Å². The fourth-order valence-corrected chi connectivity index (χ4v) is 4.19. The third-order valence-corrected chi connectivity index (χ3v) is 6.03. The molecule has 9 heteroatoms. The second-order valence-electron chi connectivity index (χ2n) is 9.39. The normalized spacial score (nSPS) is 19.3. The molecule has 9 nitrogen and oxygen atoms in total. The molecule has 3 rings (SSSR count). The first kappa shape index (κ1) is 25.7. The van der Waals surface area contributed by atoms with Crippen LogP contribution < -0.4 is 10.6 Å². The second kappa shape index (κ2) is 12.5. The van der Waals surface area contributed by atoms with Gasteiger partial charge in [0.2, 0.25) is 11.8 Å². The lowest BCUT2D eigenvalue weighted by atomic mass is 10.1. The van der Waals surface area contributed by atoms with Crippen LogP contribution in [0.5, 0.6) is 0 Å². The van der Waals surface area contributed by atoms with Crippen molar-refractivity contribution in [3.8, 4) is 0 Å². The number of carbonyl (C=O) groups excluding carboxylic acids is 4. The Morgan fingerprint density at radius 3 is 2.38 bits per heavy atom. The summed E-state index contributed by atoms with van der Waals surface area (Å²) in [4.78, 5) is 53.5. The highest BCUT2D eigenvalue weighted by Crippen LogP contribution is 2.16. The zero-order valence-corrected chi connectivity index (χ0v) is 20.2. The smallest absolute Gasteiger partial charge is 0.307 e. The Hall–Kier alpha value is -2.94. The highest BCUT2D eigenvalue weighted by atomic mass is 16.5. The van der Waals surface area contributed by atoms with Crippen molar-refractivity contribution < 1.29 is 23.9 Å². The molecule has 0 aromatic heterocycles. The first-order valence-corrected chi connectivity index (χ1v) is 12.2. The minimum atomic E-state index is -0.743. The van der Waals surface area contributed by atoms with Crippen molar-refractivity contribution in [2.45, 2.75) is 52.0 Å². The molecule has 2 aliphatic rings. The van der Waals surface area contributed by atoms with Crippen molar-refractivity contribution in [2.24, 2.45) is 5.92 Å². The van der Waals surface area contributed by atoms with Crippen LogP contribution in [0.15, 0.2) is 24.3 Å². The van der Waals surface area contributed by atoms with Gasteiger partial charge in [-0.2, -0.15) is 0 Å². The summed E-state index contributed by atoms with van der Waals surface area (Å²) < 4.78 is 5.21. The molecule has 2 saturated heterocycles. The predicted molar refractivity (Wildman–Crippen MR) is 128 cm³/mol. The molecule has 2 aliphatic heterocycles. The Morgan fingerprint density at radius 1 is 1.06 bits per heavy atom. The quantitative estimate of drug-likeness (QED) is 0.561. The number of nitrogens with one attached hydrogen (secondary N) is 2. The SMILES string of the molecule is CC(C)COC(=O)CC1C(=O)NCCN1CC(=O)Nc1ccc(C(=O)N2CCCCCC2)cc1. The summed E-state index contributed by atoms with van der Waals surface area (Å²) in [5.74, 6) is -0.798. The summed E-state index contributed by atoms with van der Waals surface area (Å²) in [6.07, 6.45) is 4.29. The lowest BCUT2D eigenvalue weighted by Crippen LogP contribution is -2.57. The van der Waals surface area contributed by atoms with E-state index in [1.165, 1.54) is 0 Å². The lowest BCUT2D eigenvalue weighted by Gasteiger charge is -2.33. The standard InChI is InChI=1S/C25H36N4O5/c1-18(2)17-34-23(31)15-21-24(32)26-11-14-29(21)16-22(30)27-20-9-7-19(8-10-20)25(33)28-12-5-3-4-6-13-28/h7-10,18,21H,3-6,11-17H2,1-2H3,(H,26,32)(H,27,30). The number of esters is 1. The number of hydrogen-bond donors (Lipinski definition) is 2. The lowest BCUT2D eigenvalue weighted by molar-refractivity contribution is -0.149. The van der Waals surface area contributed by atoms with E-state index in [4.69, 9.17) is 4.74 Å². The third kappa shape index (κ3) is 7.55. The monoisotopic (exact) mass is 472 g/mol. The van der Waals surface area contributed by atoms with Crippen molar-refractivity contribution in [3.63, 3.8) is 0 Å². The van der Waals surface area contributed by atoms with Crippen LogP contribution in [-0.4, -0.2) is 78.9 Å². The van der Waals surface area contributed by atoms with Gasteiger partial charge in [0.15, 0.2) is 0 Å². The van der Waals surface area contributed by atoms with Gasteiger partial charge in [-0.05, 0) is 43.0 Å². The van der Waals surface area contributed by atoms with Gasteiger partial charge in [-0.25, -0.2) is 0 Å². The van der Waals surface area contributed by atoms with Crippen LogP contribution >= 0.6 is 0 Å². The molecule has 1 unspecified atom stereocenters. The number of benzene rings is 1. The predicted octanol–water partition coefficient (Wildman–Crippen LogP) is 2.03. The molecule has 0 saturated carbocycles. The molecule has 0 spiro atoms. The molecule has 1 aromatic carbocycles. The highest BCUT2D eigenvalue weighted by molar-refractivity contribution is 5.96. The van der Waals surface area contributed by atoms with Crippen LogP contribution in [0.3, 0.4) is 0 Å². The average Bonchev–Trinajstić information content (AvgIpc) is 3.09. The number of piperazine rings is 1. The number of carbonyl (C=O) groups is 4. The van der Waals surface area contributed by atoms with Gasteiger partial charge in [0.05, 0.1) is 19.6 Å². The maximum absolute atomic E-state index is 12.7. The largest absolute Gasteiger partial charge is 0.465 e. The maximum Gasteiger partial charge on any atom is 0.307 e. The number of ether oxygens (including phenoxy) is 1. The van der Waals surface area contributed by atoms with Crippen LogP contribution in [0.2, 0.25) is 0 Å². The topological polar surface area (TPSA) is 108 Å². The molecule has 186 valence electrons. The van der Waals surface area contributed by atoms with E-state index in [1.807, 2.05) is 18.7 Å². The van der Waals surface area contributed by atoms with E-state index in [1.54, 1.807) is 29.2 Å². The molecule has 34 heavy (non-hydrogen) atoms. The number of amides is 3. The summed E-state index contributed by atoms with van der Waals surface area (Å²) >= 11 is 0. The van der Waals surface area contributed by atoms with E-state index in [-0.39, 0.29) is 36.6 Å². The van der Waals surface area contributed by atoms with Crippen molar-refractivity contribution in [2.75, 3.05) is 44.6 Å². The first-order valence-electron chi connectivity index (χ1n) is 12.2. The van der Waals surface area contributed by atoms with Gasteiger partial charge in [-0.15, -0.1) is 0 Å². The summed E-state index contributed by atoms with van der Waals surface area (Å²) in [5.41, 5.74) is 1.18. The van der Waals surface area contributed by atoms with Crippen LogP contribution in [-0.2, 0) is 19.1 Å². The Balaban J connectivity index is 1.54. The van der Waals surface area contributed by atoms with E-state index in [9.17, 15) is 19.2 Å². The summed E-state index contributed by atoms with van der Waals surface area (Å²) in [5, 5.41) is 5.57. The Bertz CT molecular complexity index is 863. The van der Waals surface area contributed by atoms with Gasteiger partial charge in [-0.1, -0.05) is 26.7 Å². The zero-order chi connectivity index (χ0) is 24.5. The van der Waals surface area contributed by atoms with Crippen molar-refractivity contribution in [1.82, 2.24) is 15.1 Å². The van der Waals surface area contributed by atoms with Crippen LogP contribution in [0, 0.1) is 5.92 Å². The summed E-state index contributed by atoms with van der Waals surface area (Å²) in [7, 11) is 0. The molecular formula is C25H36N4O5. The van der Waals surface area contributed by atoms with E-state index < -0.39 is 12.0 Å². The molecule has 2 N–H and O–H groups in total. The minimum Gasteiger partial charge on any atom is -0.465 e.